The van der Waals surface area contributed by atoms with Crippen molar-refractivity contribution in [2.45, 2.75) is 82.6 Å². The molecule has 1 unspecified atom stereocenters. The molecule has 8 nitrogen and oxygen atoms in total. The Morgan fingerprint density at radius 1 is 1.00 bits per heavy atom. The Morgan fingerprint density at radius 2 is 1.68 bits per heavy atom. The minimum absolute atomic E-state index is 0.0257. The lowest BCUT2D eigenvalue weighted by Gasteiger charge is -2.62. The van der Waals surface area contributed by atoms with Crippen molar-refractivity contribution in [2.24, 2.45) is 22.7 Å². The Bertz CT molecular complexity index is 1530. The molecule has 7 rings (SSSR count). The molecule has 2 saturated carbocycles. The predicted molar refractivity (Wildman–Crippen MR) is 160 cm³/mol. The number of esters is 2. The van der Waals surface area contributed by atoms with Crippen molar-refractivity contribution < 1.29 is 39.1 Å². The summed E-state index contributed by atoms with van der Waals surface area (Å²) in [5.74, 6) is -1.64. The highest BCUT2D eigenvalue weighted by molar-refractivity contribution is 5.89. The minimum atomic E-state index is -1.76. The van der Waals surface area contributed by atoms with E-state index in [4.69, 9.17) is 14.2 Å². The number of rotatable bonds is 6. The lowest BCUT2D eigenvalue weighted by atomic mass is 9.49. The van der Waals surface area contributed by atoms with Crippen molar-refractivity contribution in [1.82, 2.24) is 0 Å². The number of carbonyl (C=O) groups excluding carboxylic acids is 2. The summed E-state index contributed by atoms with van der Waals surface area (Å²) in [6, 6.07) is 18.3. The fourth-order valence-electron chi connectivity index (χ4n) is 8.74. The Morgan fingerprint density at radius 3 is 2.34 bits per heavy atom. The summed E-state index contributed by atoms with van der Waals surface area (Å²) in [4.78, 5) is 26.9. The number of fused-ring (bicyclic) bond motifs is 4. The first-order chi connectivity index (χ1) is 21.0. The zero-order valence-corrected chi connectivity index (χ0v) is 25.3. The van der Waals surface area contributed by atoms with Crippen molar-refractivity contribution in [2.75, 3.05) is 6.61 Å². The standard InChI is InChI=1S/C36H40O8/c1-20-26(43-28(38)15-14-21-10-6-4-7-11-21)18-36(41)32(44-33(40)22-12-8-5-9-13-22)30-23-19-42-25(23)16-27(37)35(30)17-24(35)31(39)29(20)34(36,2)3/h4-13,17,23,25-27,30-32,37,39,41H,14-16,18-19H2,1-3H3/t23-,25-,26+,27+,30?,31+,32+,35-,36-/m1/s1. The van der Waals surface area contributed by atoms with E-state index in [1.54, 1.807) is 24.3 Å². The first kappa shape index (κ1) is 29.4. The molecular formula is C36H40O8. The van der Waals surface area contributed by atoms with Crippen LogP contribution in [0.5, 0.6) is 0 Å². The molecule has 1 spiro atoms. The van der Waals surface area contributed by atoms with Gasteiger partial charge in [-0.2, -0.15) is 0 Å². The maximum atomic E-state index is 13.7. The van der Waals surface area contributed by atoms with Crippen molar-refractivity contribution in [3.63, 3.8) is 0 Å². The largest absolute Gasteiger partial charge is 0.458 e. The molecule has 1 saturated heterocycles. The van der Waals surface area contributed by atoms with Gasteiger partial charge in [-0.25, -0.2) is 4.79 Å². The summed E-state index contributed by atoms with van der Waals surface area (Å²) in [7, 11) is 0. The number of ether oxygens (including phenoxy) is 3. The van der Waals surface area contributed by atoms with E-state index < -0.39 is 58.7 Å². The topological polar surface area (TPSA) is 123 Å². The minimum Gasteiger partial charge on any atom is -0.458 e. The van der Waals surface area contributed by atoms with E-state index in [0.717, 1.165) is 5.56 Å². The maximum Gasteiger partial charge on any atom is 0.338 e. The molecule has 2 aromatic rings. The van der Waals surface area contributed by atoms with Gasteiger partial charge in [-0.1, -0.05) is 68.5 Å². The number of aliphatic hydroxyl groups is 3. The number of aryl methyl sites for hydroxylation is 1. The average molecular weight is 601 g/mol. The van der Waals surface area contributed by atoms with Crippen LogP contribution < -0.4 is 0 Å². The maximum absolute atomic E-state index is 13.7. The van der Waals surface area contributed by atoms with Gasteiger partial charge in [-0.05, 0) is 47.8 Å². The zero-order valence-electron chi connectivity index (χ0n) is 25.3. The summed E-state index contributed by atoms with van der Waals surface area (Å²) in [6.07, 6.45) is -1.19. The molecule has 0 radical (unpaired) electrons. The van der Waals surface area contributed by atoms with Crippen molar-refractivity contribution in [3.8, 4) is 0 Å². The SMILES string of the molecule is CC1=C2[C@@H](O)C3=C[C@@]34C([C@@H]3CO[C@@H]3C[C@@H]4O)[C@H](OC(=O)c3ccccc3)[C@](O)(C[C@@H]1OC(=O)CCc1ccccc1)C2(C)C. The number of benzene rings is 2. The van der Waals surface area contributed by atoms with E-state index >= 15 is 0 Å². The molecular weight excluding hydrogens is 560 g/mol. The van der Waals surface area contributed by atoms with Crippen LogP contribution in [0.3, 0.4) is 0 Å². The molecule has 232 valence electrons. The van der Waals surface area contributed by atoms with Crippen molar-refractivity contribution >= 4 is 11.9 Å². The monoisotopic (exact) mass is 600 g/mol. The number of hydrogen-bond donors (Lipinski definition) is 3. The molecule has 0 amide bonds. The lowest BCUT2D eigenvalue weighted by Crippen LogP contribution is -2.71. The van der Waals surface area contributed by atoms with E-state index in [-0.39, 0.29) is 24.9 Å². The highest BCUT2D eigenvalue weighted by Crippen LogP contribution is 2.70. The number of aliphatic hydroxyl groups excluding tert-OH is 2. The first-order valence-electron chi connectivity index (χ1n) is 15.6. The Labute approximate surface area is 257 Å². The molecule has 44 heavy (non-hydrogen) atoms. The van der Waals surface area contributed by atoms with Gasteiger partial charge in [0.15, 0.2) is 0 Å². The van der Waals surface area contributed by atoms with Gasteiger partial charge in [-0.3, -0.25) is 4.79 Å². The second kappa shape index (κ2) is 10.4. The van der Waals surface area contributed by atoms with Crippen molar-refractivity contribution in [1.29, 1.82) is 0 Å². The smallest absolute Gasteiger partial charge is 0.338 e. The molecule has 4 aliphatic carbocycles. The normalized spacial score (nSPS) is 38.0. The van der Waals surface area contributed by atoms with Gasteiger partial charge in [-0.15, -0.1) is 0 Å². The second-order valence-corrected chi connectivity index (χ2v) is 13.8. The van der Waals surface area contributed by atoms with Crippen LogP contribution >= 0.6 is 0 Å². The fourth-order valence-corrected chi connectivity index (χ4v) is 8.74. The van der Waals surface area contributed by atoms with Gasteiger partial charge >= 0.3 is 11.9 Å². The number of carbonyl (C=O) groups is 2. The fraction of sp³-hybridized carbons (Fsp3) is 0.500. The van der Waals surface area contributed by atoms with E-state index in [9.17, 15) is 24.9 Å². The third-order valence-electron chi connectivity index (χ3n) is 11.3. The second-order valence-electron chi connectivity index (χ2n) is 13.8. The predicted octanol–water partition coefficient (Wildman–Crippen LogP) is 3.93. The van der Waals surface area contributed by atoms with Crippen LogP contribution in [-0.2, 0) is 25.4 Å². The van der Waals surface area contributed by atoms with Crippen LogP contribution in [-0.4, -0.2) is 70.0 Å². The van der Waals surface area contributed by atoms with Gasteiger partial charge in [0.2, 0.25) is 0 Å². The first-order valence-corrected chi connectivity index (χ1v) is 15.6. The van der Waals surface area contributed by atoms with Crippen LogP contribution in [0.2, 0.25) is 0 Å². The average Bonchev–Trinajstić information content (AvgIpc) is 3.75. The summed E-state index contributed by atoms with van der Waals surface area (Å²) < 4.78 is 18.3. The highest BCUT2D eigenvalue weighted by atomic mass is 16.6. The van der Waals surface area contributed by atoms with Crippen LogP contribution in [0, 0.1) is 22.7 Å². The quantitative estimate of drug-likeness (QED) is 0.337. The summed E-state index contributed by atoms with van der Waals surface area (Å²) >= 11 is 0. The zero-order chi connectivity index (χ0) is 31.0. The molecule has 0 aromatic heterocycles. The van der Waals surface area contributed by atoms with Gasteiger partial charge < -0.3 is 29.5 Å². The van der Waals surface area contributed by atoms with Crippen LogP contribution in [0.25, 0.3) is 0 Å². The summed E-state index contributed by atoms with van der Waals surface area (Å²) in [5.41, 5.74) is -0.529. The Kier molecular flexibility index (Phi) is 6.94. The Balaban J connectivity index is 1.30. The Hall–Kier alpha value is -3.30. The van der Waals surface area contributed by atoms with Gasteiger partial charge in [0.1, 0.15) is 17.8 Å². The van der Waals surface area contributed by atoms with Gasteiger partial charge in [0.25, 0.3) is 0 Å². The van der Waals surface area contributed by atoms with Gasteiger partial charge in [0, 0.05) is 41.9 Å². The molecule has 3 N–H and O–H groups in total. The van der Waals surface area contributed by atoms with Crippen molar-refractivity contribution in [3.05, 3.63) is 94.6 Å². The molecule has 5 aliphatic rings. The van der Waals surface area contributed by atoms with Gasteiger partial charge in [0.05, 0.1) is 30.5 Å². The van der Waals surface area contributed by atoms with E-state index in [0.29, 0.717) is 41.7 Å². The molecule has 2 bridgehead atoms. The molecule has 8 heteroatoms. The summed E-state index contributed by atoms with van der Waals surface area (Å²) in [5, 5.41) is 36.6. The van der Waals surface area contributed by atoms with Crippen LogP contribution in [0.15, 0.2) is 83.5 Å². The molecule has 1 heterocycles. The van der Waals surface area contributed by atoms with E-state index in [2.05, 4.69) is 0 Å². The number of hydrogen-bond acceptors (Lipinski definition) is 8. The molecule has 3 fully saturated rings. The van der Waals surface area contributed by atoms with E-state index in [1.165, 1.54) is 0 Å². The lowest BCUT2D eigenvalue weighted by molar-refractivity contribution is -0.263. The highest BCUT2D eigenvalue weighted by Gasteiger charge is 2.75. The third-order valence-corrected chi connectivity index (χ3v) is 11.3. The summed E-state index contributed by atoms with van der Waals surface area (Å²) in [6.45, 7) is 5.95. The van der Waals surface area contributed by atoms with Crippen LogP contribution in [0.4, 0.5) is 0 Å². The molecule has 2 aromatic carbocycles. The molecule has 9 atom stereocenters. The third kappa shape index (κ3) is 4.25. The molecule has 1 aliphatic heterocycles. The van der Waals surface area contributed by atoms with E-state index in [1.807, 2.05) is 63.2 Å². The van der Waals surface area contributed by atoms with Crippen LogP contribution in [0.1, 0.15) is 56.0 Å².